The van der Waals surface area contributed by atoms with Crippen molar-refractivity contribution in [1.82, 2.24) is 4.72 Å². The standard InChI is InChI=1S/C22H21N3O5S/c23-22(27)17-6-8-18(9-7-17)25-21(26)15-30-19-10-12-20(13-11-19)31(28,29)24-14-16-4-2-1-3-5-16/h1-13,24H,14-15H2,(H2,23,27)(H,25,26). The van der Waals surface area contributed by atoms with Gasteiger partial charge in [-0.05, 0) is 54.1 Å². The molecule has 8 nitrogen and oxygen atoms in total. The molecule has 9 heteroatoms. The van der Waals surface area contributed by atoms with Crippen molar-refractivity contribution < 1.29 is 22.7 Å². The number of rotatable bonds is 9. The molecule has 0 aliphatic heterocycles. The van der Waals surface area contributed by atoms with Crippen molar-refractivity contribution in [2.45, 2.75) is 11.4 Å². The Morgan fingerprint density at radius 1 is 0.871 bits per heavy atom. The Morgan fingerprint density at radius 3 is 2.13 bits per heavy atom. The molecule has 0 aromatic heterocycles. The van der Waals surface area contributed by atoms with Crippen molar-refractivity contribution in [3.63, 3.8) is 0 Å². The molecule has 0 fully saturated rings. The van der Waals surface area contributed by atoms with Crippen LogP contribution in [0.25, 0.3) is 0 Å². The van der Waals surface area contributed by atoms with Crippen molar-refractivity contribution in [2.24, 2.45) is 5.73 Å². The molecule has 0 bridgehead atoms. The average molecular weight is 439 g/mol. The molecule has 0 heterocycles. The summed E-state index contributed by atoms with van der Waals surface area (Å²) in [5.41, 5.74) is 6.84. The third kappa shape index (κ3) is 6.39. The third-order valence-corrected chi connectivity index (χ3v) is 5.68. The van der Waals surface area contributed by atoms with E-state index in [0.717, 1.165) is 5.56 Å². The molecule has 0 saturated carbocycles. The van der Waals surface area contributed by atoms with Gasteiger partial charge in [-0.3, -0.25) is 9.59 Å². The Bertz CT molecular complexity index is 1150. The van der Waals surface area contributed by atoms with Gasteiger partial charge in [-0.2, -0.15) is 0 Å². The zero-order chi connectivity index (χ0) is 22.3. The minimum absolute atomic E-state index is 0.0924. The third-order valence-electron chi connectivity index (χ3n) is 4.27. The van der Waals surface area contributed by atoms with Gasteiger partial charge in [0.05, 0.1) is 4.90 Å². The first-order valence-electron chi connectivity index (χ1n) is 9.30. The monoisotopic (exact) mass is 439 g/mol. The first-order valence-corrected chi connectivity index (χ1v) is 10.8. The van der Waals surface area contributed by atoms with Gasteiger partial charge in [-0.25, -0.2) is 13.1 Å². The normalized spacial score (nSPS) is 11.0. The lowest BCUT2D eigenvalue weighted by Gasteiger charge is -2.10. The molecular formula is C22H21N3O5S. The summed E-state index contributed by atoms with van der Waals surface area (Å²) in [7, 11) is -3.67. The van der Waals surface area contributed by atoms with Crippen molar-refractivity contribution in [2.75, 3.05) is 11.9 Å². The molecule has 0 saturated heterocycles. The Hall–Kier alpha value is -3.69. The highest BCUT2D eigenvalue weighted by Gasteiger charge is 2.14. The molecule has 3 aromatic rings. The second kappa shape index (κ2) is 9.88. The SMILES string of the molecule is NC(=O)c1ccc(NC(=O)COc2ccc(S(=O)(=O)NCc3ccccc3)cc2)cc1. The van der Waals surface area contributed by atoms with Crippen LogP contribution in [0, 0.1) is 0 Å². The van der Waals surface area contributed by atoms with Crippen LogP contribution in [-0.4, -0.2) is 26.8 Å². The van der Waals surface area contributed by atoms with E-state index in [4.69, 9.17) is 10.5 Å². The van der Waals surface area contributed by atoms with E-state index in [2.05, 4.69) is 10.0 Å². The van der Waals surface area contributed by atoms with Crippen LogP contribution in [0.3, 0.4) is 0 Å². The van der Waals surface area contributed by atoms with Crippen LogP contribution >= 0.6 is 0 Å². The second-order valence-corrected chi connectivity index (χ2v) is 8.33. The van der Waals surface area contributed by atoms with Crippen molar-refractivity contribution in [1.29, 1.82) is 0 Å². The minimum Gasteiger partial charge on any atom is -0.484 e. The summed E-state index contributed by atoms with van der Waals surface area (Å²) in [5.74, 6) is -0.615. The van der Waals surface area contributed by atoms with Gasteiger partial charge in [-0.15, -0.1) is 0 Å². The molecule has 31 heavy (non-hydrogen) atoms. The number of benzene rings is 3. The zero-order valence-electron chi connectivity index (χ0n) is 16.4. The number of sulfonamides is 1. The molecule has 0 atom stereocenters. The number of nitrogens with one attached hydrogen (secondary N) is 2. The number of hydrogen-bond donors (Lipinski definition) is 3. The number of carbonyl (C=O) groups excluding carboxylic acids is 2. The zero-order valence-corrected chi connectivity index (χ0v) is 17.3. The van der Waals surface area contributed by atoms with Gasteiger partial charge in [0.2, 0.25) is 15.9 Å². The van der Waals surface area contributed by atoms with E-state index < -0.39 is 21.8 Å². The fourth-order valence-corrected chi connectivity index (χ4v) is 3.65. The largest absolute Gasteiger partial charge is 0.484 e. The van der Waals surface area contributed by atoms with E-state index in [9.17, 15) is 18.0 Å². The maximum atomic E-state index is 12.4. The van der Waals surface area contributed by atoms with Crippen molar-refractivity contribution >= 4 is 27.5 Å². The summed E-state index contributed by atoms with van der Waals surface area (Å²) in [4.78, 5) is 23.2. The summed E-state index contributed by atoms with van der Waals surface area (Å²) in [6.45, 7) is -0.0854. The molecule has 3 rings (SSSR count). The predicted octanol–water partition coefficient (Wildman–Crippen LogP) is 2.28. The summed E-state index contributed by atoms with van der Waals surface area (Å²) in [5, 5.41) is 2.62. The van der Waals surface area contributed by atoms with Crippen LogP contribution in [0.15, 0.2) is 83.8 Å². The first-order chi connectivity index (χ1) is 14.8. The van der Waals surface area contributed by atoms with Gasteiger partial charge in [0.25, 0.3) is 5.91 Å². The van der Waals surface area contributed by atoms with Gasteiger partial charge < -0.3 is 15.8 Å². The topological polar surface area (TPSA) is 128 Å². The summed E-state index contributed by atoms with van der Waals surface area (Å²) < 4.78 is 32.7. The highest BCUT2D eigenvalue weighted by atomic mass is 32.2. The molecule has 2 amide bonds. The highest BCUT2D eigenvalue weighted by Crippen LogP contribution is 2.17. The minimum atomic E-state index is -3.67. The number of primary amides is 1. The molecule has 0 aliphatic carbocycles. The van der Waals surface area contributed by atoms with Crippen LogP contribution in [0.4, 0.5) is 5.69 Å². The molecule has 160 valence electrons. The summed E-state index contributed by atoms with van der Waals surface area (Å²) in [6.07, 6.45) is 0. The predicted molar refractivity (Wildman–Crippen MR) is 116 cm³/mol. The first kappa shape index (κ1) is 22.0. The van der Waals surface area contributed by atoms with Gasteiger partial charge in [0.1, 0.15) is 5.75 Å². The number of carbonyl (C=O) groups is 2. The summed E-state index contributed by atoms with van der Waals surface area (Å²) >= 11 is 0. The van der Waals surface area contributed by atoms with Crippen LogP contribution in [0.5, 0.6) is 5.75 Å². The Morgan fingerprint density at radius 2 is 1.52 bits per heavy atom. The van der Waals surface area contributed by atoms with Gasteiger partial charge in [0, 0.05) is 17.8 Å². The Balaban J connectivity index is 1.51. The quantitative estimate of drug-likeness (QED) is 0.471. The molecule has 4 N–H and O–H groups in total. The fraction of sp³-hybridized carbons (Fsp3) is 0.0909. The Labute approximate surface area is 180 Å². The van der Waals surface area contributed by atoms with E-state index in [1.54, 1.807) is 12.1 Å². The number of anilines is 1. The van der Waals surface area contributed by atoms with Crippen LogP contribution in [0.1, 0.15) is 15.9 Å². The number of amides is 2. The Kier molecular flexibility index (Phi) is 7.01. The van der Waals surface area contributed by atoms with Crippen LogP contribution in [-0.2, 0) is 21.4 Å². The number of nitrogens with two attached hydrogens (primary N) is 1. The van der Waals surface area contributed by atoms with Crippen LogP contribution in [0.2, 0.25) is 0 Å². The van der Waals surface area contributed by atoms with Crippen LogP contribution < -0.4 is 20.5 Å². The molecule has 0 radical (unpaired) electrons. The summed E-state index contributed by atoms with van der Waals surface area (Å²) in [6, 6.07) is 21.1. The lowest BCUT2D eigenvalue weighted by atomic mass is 10.2. The van der Waals surface area contributed by atoms with Gasteiger partial charge >= 0.3 is 0 Å². The highest BCUT2D eigenvalue weighted by molar-refractivity contribution is 7.89. The van der Waals surface area contributed by atoms with E-state index in [0.29, 0.717) is 17.0 Å². The van der Waals surface area contributed by atoms with E-state index in [1.165, 1.54) is 36.4 Å². The molecule has 0 aliphatic rings. The maximum Gasteiger partial charge on any atom is 0.262 e. The average Bonchev–Trinajstić information content (AvgIpc) is 2.78. The maximum absolute atomic E-state index is 12.4. The second-order valence-electron chi connectivity index (χ2n) is 6.56. The number of ether oxygens (including phenoxy) is 1. The van der Waals surface area contributed by atoms with Crippen molar-refractivity contribution in [3.05, 3.63) is 90.0 Å². The molecule has 0 spiro atoms. The lowest BCUT2D eigenvalue weighted by molar-refractivity contribution is -0.118. The van der Waals surface area contributed by atoms with Gasteiger partial charge in [0.15, 0.2) is 6.61 Å². The smallest absolute Gasteiger partial charge is 0.262 e. The van der Waals surface area contributed by atoms with E-state index in [1.807, 2.05) is 30.3 Å². The molecular weight excluding hydrogens is 418 g/mol. The number of hydrogen-bond acceptors (Lipinski definition) is 5. The van der Waals surface area contributed by atoms with E-state index >= 15 is 0 Å². The molecule has 3 aromatic carbocycles. The molecule has 0 unspecified atom stereocenters. The van der Waals surface area contributed by atoms with Crippen molar-refractivity contribution in [3.8, 4) is 5.75 Å². The van der Waals surface area contributed by atoms with E-state index in [-0.39, 0.29) is 18.0 Å². The van der Waals surface area contributed by atoms with Gasteiger partial charge in [-0.1, -0.05) is 30.3 Å². The fourth-order valence-electron chi connectivity index (χ4n) is 2.64. The lowest BCUT2D eigenvalue weighted by Crippen LogP contribution is -2.23.